The smallest absolute Gasteiger partial charge is 0.277 e. The van der Waals surface area contributed by atoms with Gasteiger partial charge in [-0.2, -0.15) is 4.31 Å². The molecule has 31 heavy (non-hydrogen) atoms. The number of sulfonamides is 1. The van der Waals surface area contributed by atoms with Crippen molar-refractivity contribution in [3.05, 3.63) is 59.1 Å². The molecule has 1 aliphatic rings. The second-order valence-corrected chi connectivity index (χ2v) is 9.45. The number of hydrogen-bond donors (Lipinski definition) is 1. The zero-order chi connectivity index (χ0) is 22.2. The second-order valence-electron chi connectivity index (χ2n) is 7.20. The van der Waals surface area contributed by atoms with Gasteiger partial charge in [0.05, 0.1) is 17.4 Å². The lowest BCUT2D eigenvalue weighted by Crippen LogP contribution is -2.38. The predicted octanol–water partition coefficient (Wildman–Crippen LogP) is 3.37. The van der Waals surface area contributed by atoms with Gasteiger partial charge in [0.25, 0.3) is 15.9 Å². The molecule has 1 aromatic carbocycles. The van der Waals surface area contributed by atoms with Gasteiger partial charge in [0.2, 0.25) is 0 Å². The average molecular weight is 468 g/mol. The molecular formula is C19H19ClFN5O4S. The van der Waals surface area contributed by atoms with E-state index in [4.69, 9.17) is 16.1 Å². The summed E-state index contributed by atoms with van der Waals surface area (Å²) < 4.78 is 47.7. The minimum Gasteiger partial charge on any atom is -0.359 e. The summed E-state index contributed by atoms with van der Waals surface area (Å²) >= 11 is 5.73. The molecule has 3 heterocycles. The third-order valence-electron chi connectivity index (χ3n) is 4.97. The average Bonchev–Trinajstić information content (AvgIpc) is 3.40. The first-order chi connectivity index (χ1) is 14.8. The molecule has 4 rings (SSSR count). The van der Waals surface area contributed by atoms with Gasteiger partial charge in [-0.15, -0.1) is 0 Å². The number of imidazole rings is 1. The topological polar surface area (TPSA) is 110 Å². The Bertz CT molecular complexity index is 1230. The minimum absolute atomic E-state index is 0.0313. The molecule has 1 amide bonds. The number of hydrogen-bond acceptors (Lipinski definition) is 6. The zero-order valence-electron chi connectivity index (χ0n) is 16.5. The molecule has 12 heteroatoms. The maximum atomic E-state index is 13.3. The van der Waals surface area contributed by atoms with Gasteiger partial charge in [0, 0.05) is 31.5 Å². The Kier molecular flexibility index (Phi) is 5.82. The lowest BCUT2D eigenvalue weighted by molar-refractivity contribution is 0.101. The van der Waals surface area contributed by atoms with Crippen molar-refractivity contribution < 1.29 is 22.1 Å². The Hall–Kier alpha value is -2.76. The molecule has 0 radical (unpaired) electrons. The van der Waals surface area contributed by atoms with Crippen LogP contribution in [0.3, 0.4) is 0 Å². The molecular weight excluding hydrogens is 449 g/mol. The molecule has 9 nitrogen and oxygen atoms in total. The molecule has 3 aromatic rings. The van der Waals surface area contributed by atoms with Crippen LogP contribution in [-0.4, -0.2) is 39.9 Å². The third kappa shape index (κ3) is 4.34. The Balaban J connectivity index is 1.56. The first-order valence-electron chi connectivity index (χ1n) is 9.48. The fraction of sp³-hybridized carbons (Fsp3) is 0.316. The van der Waals surface area contributed by atoms with E-state index in [1.165, 1.54) is 35.0 Å². The summed E-state index contributed by atoms with van der Waals surface area (Å²) in [6, 6.07) is 4.59. The summed E-state index contributed by atoms with van der Waals surface area (Å²) in [5.74, 6) is -0.927. The van der Waals surface area contributed by atoms with Gasteiger partial charge in [-0.05, 0) is 31.0 Å². The fourth-order valence-electron chi connectivity index (χ4n) is 3.44. The number of aromatic nitrogens is 3. The highest BCUT2D eigenvalue weighted by molar-refractivity contribution is 7.89. The van der Waals surface area contributed by atoms with Crippen LogP contribution in [0.1, 0.15) is 41.6 Å². The molecule has 1 fully saturated rings. The summed E-state index contributed by atoms with van der Waals surface area (Å²) in [5.41, 5.74) is 0.258. The van der Waals surface area contributed by atoms with Crippen molar-refractivity contribution >= 4 is 33.2 Å². The van der Waals surface area contributed by atoms with Gasteiger partial charge in [0.15, 0.2) is 16.5 Å². The number of carbonyl (C=O) groups is 1. The van der Waals surface area contributed by atoms with Crippen LogP contribution in [0.15, 0.2) is 46.3 Å². The number of rotatable bonds is 5. The third-order valence-corrected chi connectivity index (χ3v) is 7.06. The number of aryl methyl sites for hydroxylation is 1. The van der Waals surface area contributed by atoms with Crippen LogP contribution < -0.4 is 5.32 Å². The van der Waals surface area contributed by atoms with Gasteiger partial charge in [-0.3, -0.25) is 4.79 Å². The monoisotopic (exact) mass is 467 g/mol. The van der Waals surface area contributed by atoms with Crippen molar-refractivity contribution in [2.24, 2.45) is 7.05 Å². The van der Waals surface area contributed by atoms with Crippen molar-refractivity contribution in [3.63, 3.8) is 0 Å². The Morgan fingerprint density at radius 2 is 2.13 bits per heavy atom. The van der Waals surface area contributed by atoms with E-state index >= 15 is 0 Å². The molecule has 1 unspecified atom stereocenters. The summed E-state index contributed by atoms with van der Waals surface area (Å²) in [6.45, 7) is 0.305. The zero-order valence-corrected chi connectivity index (χ0v) is 18.0. The van der Waals surface area contributed by atoms with E-state index in [0.717, 1.165) is 12.5 Å². The highest BCUT2D eigenvalue weighted by Gasteiger charge is 2.38. The first-order valence-corrected chi connectivity index (χ1v) is 11.3. The van der Waals surface area contributed by atoms with E-state index in [1.54, 1.807) is 11.6 Å². The van der Waals surface area contributed by atoms with E-state index in [-0.39, 0.29) is 27.2 Å². The minimum atomic E-state index is -3.84. The molecule has 0 spiro atoms. The number of benzene rings is 1. The van der Waals surface area contributed by atoms with Crippen molar-refractivity contribution in [3.8, 4) is 0 Å². The Morgan fingerprint density at radius 1 is 1.32 bits per heavy atom. The van der Waals surface area contributed by atoms with Crippen LogP contribution in [0.4, 0.5) is 10.1 Å². The lowest BCUT2D eigenvalue weighted by atomic mass is 10.0. The van der Waals surface area contributed by atoms with Crippen LogP contribution in [0, 0.1) is 5.82 Å². The number of piperidine rings is 1. The van der Waals surface area contributed by atoms with Crippen molar-refractivity contribution in [2.75, 3.05) is 11.9 Å². The molecule has 1 saturated heterocycles. The van der Waals surface area contributed by atoms with Gasteiger partial charge in [-0.25, -0.2) is 17.8 Å². The van der Waals surface area contributed by atoms with E-state index in [2.05, 4.69) is 15.5 Å². The Labute approximate surface area is 182 Å². The number of anilines is 1. The number of nitrogens with zero attached hydrogens (tertiary/aromatic N) is 4. The van der Waals surface area contributed by atoms with E-state index in [9.17, 15) is 17.6 Å². The quantitative estimate of drug-likeness (QED) is 0.616. The van der Waals surface area contributed by atoms with Crippen molar-refractivity contribution in [1.82, 2.24) is 19.0 Å². The van der Waals surface area contributed by atoms with Crippen LogP contribution in [0.2, 0.25) is 5.02 Å². The van der Waals surface area contributed by atoms with Gasteiger partial charge < -0.3 is 14.4 Å². The molecule has 0 bridgehead atoms. The summed E-state index contributed by atoms with van der Waals surface area (Å²) in [7, 11) is -2.15. The molecule has 1 N–H and O–H groups in total. The summed E-state index contributed by atoms with van der Waals surface area (Å²) in [4.78, 5) is 16.5. The summed E-state index contributed by atoms with van der Waals surface area (Å²) in [5, 5.41) is 6.16. The second kappa shape index (κ2) is 8.40. The molecule has 0 saturated carbocycles. The lowest BCUT2D eigenvalue weighted by Gasteiger charge is -2.32. The van der Waals surface area contributed by atoms with Crippen molar-refractivity contribution in [1.29, 1.82) is 0 Å². The summed E-state index contributed by atoms with van der Waals surface area (Å²) in [6.07, 6.45) is 4.89. The normalized spacial score (nSPS) is 17.6. The maximum absolute atomic E-state index is 13.3. The van der Waals surface area contributed by atoms with Gasteiger partial charge in [0.1, 0.15) is 5.82 Å². The van der Waals surface area contributed by atoms with E-state index < -0.39 is 27.8 Å². The van der Waals surface area contributed by atoms with Crippen molar-refractivity contribution in [2.45, 2.75) is 30.3 Å². The molecule has 1 atom stereocenters. The van der Waals surface area contributed by atoms with Crippen LogP contribution in [-0.2, 0) is 17.1 Å². The van der Waals surface area contributed by atoms with Crippen LogP contribution >= 0.6 is 11.6 Å². The van der Waals surface area contributed by atoms with E-state index in [0.29, 0.717) is 19.4 Å². The number of carbonyl (C=O) groups excluding carboxylic acids is 1. The largest absolute Gasteiger partial charge is 0.359 e. The molecule has 0 aliphatic carbocycles. The molecule has 164 valence electrons. The van der Waals surface area contributed by atoms with Crippen LogP contribution in [0.5, 0.6) is 0 Å². The highest BCUT2D eigenvalue weighted by Crippen LogP contribution is 2.35. The standard InChI is InChI=1S/C19H19ClFN5O4S/c1-25-10-18(22-11-25)31(28,29)26-7-3-2-4-16(26)17-9-15(24-30-17)19(27)23-12-5-6-14(21)13(20)8-12/h5-6,8-11,16H,2-4,7H2,1H3,(H,23,27). The number of amides is 1. The number of halogens is 2. The molecule has 2 aromatic heterocycles. The highest BCUT2D eigenvalue weighted by atomic mass is 35.5. The SMILES string of the molecule is Cn1cnc(S(=O)(=O)N2CCCCC2c2cc(C(=O)Nc3ccc(F)c(Cl)c3)no2)c1. The maximum Gasteiger partial charge on any atom is 0.277 e. The Morgan fingerprint density at radius 3 is 2.84 bits per heavy atom. The predicted molar refractivity (Wildman–Crippen MR) is 110 cm³/mol. The van der Waals surface area contributed by atoms with Gasteiger partial charge >= 0.3 is 0 Å². The fourth-order valence-corrected chi connectivity index (χ4v) is 5.26. The van der Waals surface area contributed by atoms with Gasteiger partial charge in [-0.1, -0.05) is 23.2 Å². The number of nitrogens with one attached hydrogen (secondary N) is 1. The molecule has 1 aliphatic heterocycles. The van der Waals surface area contributed by atoms with Crippen LogP contribution in [0.25, 0.3) is 0 Å². The van der Waals surface area contributed by atoms with E-state index in [1.807, 2.05) is 0 Å². The first kappa shape index (κ1) is 21.5.